The van der Waals surface area contributed by atoms with Crippen LogP contribution in [0.5, 0.6) is 0 Å². The van der Waals surface area contributed by atoms with Gasteiger partial charge in [-0.1, -0.05) is 29.8 Å². The summed E-state index contributed by atoms with van der Waals surface area (Å²) in [5.41, 5.74) is 4.49. The number of aliphatic hydroxyl groups is 1. The predicted molar refractivity (Wildman–Crippen MR) is 107 cm³/mol. The minimum absolute atomic E-state index is 0.0769. The SMILES string of the molecule is O=C(O)CCC/C=C1\CC2CC(O)C(/C=N/NC(=O)Nc3ccccc3)C2C1. The van der Waals surface area contributed by atoms with Crippen molar-refractivity contribution in [2.75, 3.05) is 5.32 Å². The van der Waals surface area contributed by atoms with Crippen LogP contribution in [0.25, 0.3) is 0 Å². The summed E-state index contributed by atoms with van der Waals surface area (Å²) in [4.78, 5) is 22.5. The van der Waals surface area contributed by atoms with Crippen molar-refractivity contribution in [3.63, 3.8) is 0 Å². The van der Waals surface area contributed by atoms with E-state index in [-0.39, 0.29) is 12.3 Å². The number of para-hydroxylation sites is 1. The number of nitrogens with one attached hydrogen (secondary N) is 2. The zero-order chi connectivity index (χ0) is 19.9. The molecule has 0 bridgehead atoms. The van der Waals surface area contributed by atoms with Crippen molar-refractivity contribution >= 4 is 23.9 Å². The highest BCUT2D eigenvalue weighted by Gasteiger charge is 2.45. The summed E-state index contributed by atoms with van der Waals surface area (Å²) in [5, 5.41) is 25.8. The molecule has 4 N–H and O–H groups in total. The molecule has 2 amide bonds. The molecule has 3 rings (SSSR count). The second-order valence-corrected chi connectivity index (χ2v) is 7.57. The van der Waals surface area contributed by atoms with Gasteiger partial charge in [0.1, 0.15) is 0 Å². The zero-order valence-electron chi connectivity index (χ0n) is 15.8. The minimum atomic E-state index is -0.759. The predicted octanol–water partition coefficient (Wildman–Crippen LogP) is 3.38. The van der Waals surface area contributed by atoms with Crippen molar-refractivity contribution in [1.29, 1.82) is 0 Å². The van der Waals surface area contributed by atoms with Gasteiger partial charge in [0.15, 0.2) is 0 Å². The maximum Gasteiger partial charge on any atom is 0.339 e. The number of aliphatic hydroxyl groups excluding tert-OH is 1. The van der Waals surface area contributed by atoms with Gasteiger partial charge in [0.2, 0.25) is 0 Å². The smallest absolute Gasteiger partial charge is 0.339 e. The van der Waals surface area contributed by atoms with Crippen LogP contribution in [-0.4, -0.2) is 34.5 Å². The van der Waals surface area contributed by atoms with E-state index in [1.807, 2.05) is 18.2 Å². The molecule has 1 aromatic carbocycles. The molecular weight excluding hydrogens is 358 g/mol. The fraction of sp³-hybridized carbons (Fsp3) is 0.476. The Morgan fingerprint density at radius 1 is 1.21 bits per heavy atom. The molecule has 2 fully saturated rings. The summed E-state index contributed by atoms with van der Waals surface area (Å²) in [6.45, 7) is 0. The molecule has 7 nitrogen and oxygen atoms in total. The summed E-state index contributed by atoms with van der Waals surface area (Å²) >= 11 is 0. The van der Waals surface area contributed by atoms with Gasteiger partial charge in [-0.25, -0.2) is 10.2 Å². The molecular formula is C21H27N3O4. The molecule has 0 aromatic heterocycles. The van der Waals surface area contributed by atoms with Gasteiger partial charge in [-0.05, 0) is 56.1 Å². The van der Waals surface area contributed by atoms with Gasteiger partial charge in [0.05, 0.1) is 6.10 Å². The number of carbonyl (C=O) groups excluding carboxylic acids is 1. The van der Waals surface area contributed by atoms with Crippen molar-refractivity contribution < 1.29 is 19.8 Å². The average molecular weight is 385 g/mol. The van der Waals surface area contributed by atoms with Gasteiger partial charge in [-0.15, -0.1) is 0 Å². The van der Waals surface area contributed by atoms with Crippen molar-refractivity contribution in [3.05, 3.63) is 42.0 Å². The third kappa shape index (κ3) is 5.42. The van der Waals surface area contributed by atoms with E-state index in [4.69, 9.17) is 5.11 Å². The van der Waals surface area contributed by atoms with E-state index in [0.717, 1.165) is 25.7 Å². The first-order valence-corrected chi connectivity index (χ1v) is 9.76. The standard InChI is InChI=1S/C21H27N3O4/c25-19-12-15-10-14(6-4-5-9-20(26)27)11-17(15)18(19)13-22-24-21(28)23-16-7-2-1-3-8-16/h1-3,6-8,13,15,17-19,25H,4-5,9-12H2,(H,26,27)(H2,23,24,28)/b14-6+,22-13+. The normalized spacial score (nSPS) is 27.8. The molecule has 4 unspecified atom stereocenters. The van der Waals surface area contributed by atoms with Crippen LogP contribution < -0.4 is 10.7 Å². The van der Waals surface area contributed by atoms with E-state index in [2.05, 4.69) is 21.9 Å². The number of hydrogen-bond acceptors (Lipinski definition) is 4. The number of allylic oxidation sites excluding steroid dienone is 2. The van der Waals surface area contributed by atoms with Crippen molar-refractivity contribution in [2.24, 2.45) is 22.9 Å². The maximum absolute atomic E-state index is 11.9. The topological polar surface area (TPSA) is 111 Å². The lowest BCUT2D eigenvalue weighted by Crippen LogP contribution is -2.27. The Bertz CT molecular complexity index is 747. The Morgan fingerprint density at radius 3 is 2.75 bits per heavy atom. The molecule has 150 valence electrons. The van der Waals surface area contributed by atoms with E-state index in [0.29, 0.717) is 23.9 Å². The number of carboxylic acids is 1. The number of carbonyl (C=O) groups is 2. The number of anilines is 1. The molecule has 0 radical (unpaired) electrons. The Labute approximate surface area is 164 Å². The number of unbranched alkanes of at least 4 members (excludes halogenated alkanes) is 1. The largest absolute Gasteiger partial charge is 0.481 e. The number of nitrogens with zero attached hydrogens (tertiary/aromatic N) is 1. The Morgan fingerprint density at radius 2 is 2.00 bits per heavy atom. The van der Waals surface area contributed by atoms with Crippen LogP contribution in [0.3, 0.4) is 0 Å². The van der Waals surface area contributed by atoms with Crippen LogP contribution in [0.15, 0.2) is 47.1 Å². The monoisotopic (exact) mass is 385 g/mol. The molecule has 0 saturated heterocycles. The molecule has 1 aromatic rings. The van der Waals surface area contributed by atoms with Crippen LogP contribution >= 0.6 is 0 Å². The number of aliphatic carboxylic acids is 1. The van der Waals surface area contributed by atoms with Gasteiger partial charge in [0, 0.05) is 24.2 Å². The third-order valence-electron chi connectivity index (χ3n) is 5.58. The van der Waals surface area contributed by atoms with Gasteiger partial charge in [0.25, 0.3) is 0 Å². The lowest BCUT2D eigenvalue weighted by atomic mass is 9.92. The van der Waals surface area contributed by atoms with Crippen LogP contribution in [0.4, 0.5) is 10.5 Å². The van der Waals surface area contributed by atoms with Gasteiger partial charge in [-0.2, -0.15) is 5.10 Å². The van der Waals surface area contributed by atoms with Crippen molar-refractivity contribution in [1.82, 2.24) is 5.43 Å². The molecule has 2 aliphatic carbocycles. The van der Waals surface area contributed by atoms with Gasteiger partial charge < -0.3 is 15.5 Å². The van der Waals surface area contributed by atoms with E-state index >= 15 is 0 Å². The molecule has 0 spiro atoms. The molecule has 4 atom stereocenters. The number of urea groups is 1. The lowest BCUT2D eigenvalue weighted by molar-refractivity contribution is -0.137. The molecule has 28 heavy (non-hydrogen) atoms. The summed E-state index contributed by atoms with van der Waals surface area (Å²) in [6, 6.07) is 8.70. The van der Waals surface area contributed by atoms with Crippen molar-refractivity contribution in [2.45, 2.75) is 44.6 Å². The van der Waals surface area contributed by atoms with Gasteiger partial charge in [-0.3, -0.25) is 4.79 Å². The van der Waals surface area contributed by atoms with Crippen LogP contribution in [0, 0.1) is 17.8 Å². The number of carboxylic acid groups (broad SMARTS) is 1. The Kier molecular flexibility index (Phi) is 6.81. The summed E-state index contributed by atoms with van der Waals surface area (Å²) < 4.78 is 0. The quantitative estimate of drug-likeness (QED) is 0.249. The van der Waals surface area contributed by atoms with Gasteiger partial charge >= 0.3 is 12.0 Å². The number of fused-ring (bicyclic) bond motifs is 1. The Balaban J connectivity index is 1.48. The van der Waals surface area contributed by atoms with Crippen molar-refractivity contribution in [3.8, 4) is 0 Å². The van der Waals surface area contributed by atoms with E-state index in [1.165, 1.54) is 5.57 Å². The second kappa shape index (κ2) is 9.50. The number of hydrogen-bond donors (Lipinski definition) is 4. The third-order valence-corrected chi connectivity index (χ3v) is 5.58. The van der Waals surface area contributed by atoms with Crippen LogP contribution in [-0.2, 0) is 4.79 Å². The number of amides is 2. The summed E-state index contributed by atoms with van der Waals surface area (Å²) in [6.07, 6.45) is 7.62. The fourth-order valence-corrected chi connectivity index (χ4v) is 4.30. The zero-order valence-corrected chi connectivity index (χ0v) is 15.8. The molecule has 0 heterocycles. The van der Waals surface area contributed by atoms with Crippen LogP contribution in [0.1, 0.15) is 38.5 Å². The van der Waals surface area contributed by atoms with E-state index < -0.39 is 18.1 Å². The number of rotatable bonds is 7. The highest BCUT2D eigenvalue weighted by Crippen LogP contribution is 2.49. The number of benzene rings is 1. The first-order valence-electron chi connectivity index (χ1n) is 9.76. The highest BCUT2D eigenvalue weighted by molar-refractivity contribution is 5.89. The molecule has 7 heteroatoms. The minimum Gasteiger partial charge on any atom is -0.481 e. The summed E-state index contributed by atoms with van der Waals surface area (Å²) in [5.74, 6) is -0.0874. The maximum atomic E-state index is 11.9. The van der Waals surface area contributed by atoms with E-state index in [1.54, 1.807) is 18.3 Å². The first-order chi connectivity index (χ1) is 13.5. The molecule has 2 saturated carbocycles. The van der Waals surface area contributed by atoms with E-state index in [9.17, 15) is 14.7 Å². The molecule has 0 aliphatic heterocycles. The average Bonchev–Trinajstić information content (AvgIpc) is 3.17. The molecule has 2 aliphatic rings. The Hall–Kier alpha value is -2.67. The fourth-order valence-electron chi connectivity index (χ4n) is 4.30. The second-order valence-electron chi connectivity index (χ2n) is 7.57. The highest BCUT2D eigenvalue weighted by atomic mass is 16.4. The summed E-state index contributed by atoms with van der Waals surface area (Å²) in [7, 11) is 0. The van der Waals surface area contributed by atoms with Crippen LogP contribution in [0.2, 0.25) is 0 Å². The number of hydrazone groups is 1. The first kappa shape index (κ1) is 20.1. The lowest BCUT2D eigenvalue weighted by Gasteiger charge is -2.16.